The zero-order valence-electron chi connectivity index (χ0n) is 11.5. The van der Waals surface area contributed by atoms with Gasteiger partial charge in [0, 0.05) is 29.1 Å². The molecule has 2 rings (SSSR count). The molecule has 1 aromatic heterocycles. The Morgan fingerprint density at radius 3 is 3.05 bits per heavy atom. The fourth-order valence-electron chi connectivity index (χ4n) is 2.73. The third-order valence-electron chi connectivity index (χ3n) is 3.84. The maximum atomic E-state index is 11.4. The lowest BCUT2D eigenvalue weighted by Crippen LogP contribution is -2.41. The van der Waals surface area contributed by atoms with Gasteiger partial charge in [-0.25, -0.2) is 0 Å². The molecule has 0 bridgehead atoms. The quantitative estimate of drug-likeness (QED) is 0.765. The Morgan fingerprint density at radius 2 is 2.37 bits per heavy atom. The van der Waals surface area contributed by atoms with E-state index < -0.39 is 0 Å². The molecule has 106 valence electrons. The number of aromatic nitrogens is 1. The van der Waals surface area contributed by atoms with Crippen LogP contribution in [-0.2, 0) is 6.42 Å². The van der Waals surface area contributed by atoms with Crippen LogP contribution >= 0.6 is 11.8 Å². The summed E-state index contributed by atoms with van der Waals surface area (Å²) in [7, 11) is 0. The Hall–Kier alpha value is -0.780. The van der Waals surface area contributed by atoms with Crippen molar-refractivity contribution < 1.29 is 5.11 Å². The normalized spacial score (nSPS) is 21.7. The number of rotatable bonds is 5. The molecule has 1 aliphatic rings. The highest BCUT2D eigenvalue weighted by Crippen LogP contribution is 2.28. The molecule has 0 spiro atoms. The molecule has 5 heteroatoms. The van der Waals surface area contributed by atoms with Crippen molar-refractivity contribution in [3.05, 3.63) is 33.7 Å². The van der Waals surface area contributed by atoms with Crippen LogP contribution in [0.1, 0.15) is 37.1 Å². The third-order valence-corrected chi connectivity index (χ3v) is 5.00. The van der Waals surface area contributed by atoms with E-state index in [1.807, 2.05) is 12.3 Å². The van der Waals surface area contributed by atoms with Crippen molar-refractivity contribution in [2.24, 2.45) is 0 Å². The Morgan fingerprint density at radius 1 is 1.58 bits per heavy atom. The molecular formula is C14H22N2O2S. The average Bonchev–Trinajstić information content (AvgIpc) is 2.40. The van der Waals surface area contributed by atoms with Crippen molar-refractivity contribution in [3.8, 4) is 0 Å². The topological polar surface area (TPSA) is 65.1 Å². The summed E-state index contributed by atoms with van der Waals surface area (Å²) in [5, 5.41) is 13.1. The molecule has 3 atom stereocenters. The number of nitrogens with one attached hydrogen (secondary N) is 2. The van der Waals surface area contributed by atoms with Crippen molar-refractivity contribution in [1.29, 1.82) is 0 Å². The van der Waals surface area contributed by atoms with Gasteiger partial charge in [-0.1, -0.05) is 6.07 Å². The van der Waals surface area contributed by atoms with Crippen molar-refractivity contribution >= 4 is 11.8 Å². The Labute approximate surface area is 118 Å². The highest BCUT2D eigenvalue weighted by Gasteiger charge is 2.24. The number of aryl methyl sites for hydroxylation is 1. The van der Waals surface area contributed by atoms with Gasteiger partial charge in [-0.15, -0.1) is 0 Å². The molecule has 0 aliphatic heterocycles. The summed E-state index contributed by atoms with van der Waals surface area (Å²) in [5.74, 6) is 0. The molecular weight excluding hydrogens is 260 g/mol. The van der Waals surface area contributed by atoms with E-state index in [-0.39, 0.29) is 29.5 Å². The number of H-pyrrole nitrogens is 1. The van der Waals surface area contributed by atoms with Crippen LogP contribution in [0.2, 0.25) is 0 Å². The second-order valence-corrected chi connectivity index (χ2v) is 6.19. The zero-order chi connectivity index (χ0) is 13.8. The monoisotopic (exact) mass is 282 g/mol. The predicted octanol–water partition coefficient (Wildman–Crippen LogP) is 1.45. The van der Waals surface area contributed by atoms with E-state index in [1.165, 1.54) is 5.56 Å². The first-order chi connectivity index (χ1) is 9.15. The first kappa shape index (κ1) is 14.6. The number of aromatic amines is 1. The lowest BCUT2D eigenvalue weighted by atomic mass is 9.90. The third kappa shape index (κ3) is 3.41. The maximum Gasteiger partial charge on any atom is 0.248 e. The van der Waals surface area contributed by atoms with Gasteiger partial charge in [-0.3, -0.25) is 4.79 Å². The van der Waals surface area contributed by atoms with Gasteiger partial charge < -0.3 is 15.4 Å². The largest absolute Gasteiger partial charge is 0.395 e. The lowest BCUT2D eigenvalue weighted by Gasteiger charge is -2.31. The van der Waals surface area contributed by atoms with Gasteiger partial charge in [0.15, 0.2) is 0 Å². The summed E-state index contributed by atoms with van der Waals surface area (Å²) in [6.45, 7) is 2.29. The number of aliphatic hydroxyl groups excluding tert-OH is 1. The van der Waals surface area contributed by atoms with Crippen molar-refractivity contribution in [1.82, 2.24) is 10.3 Å². The summed E-state index contributed by atoms with van der Waals surface area (Å²) >= 11 is 1.68. The SMILES string of the molecule is CSC(CO)C(C)NC1CCCc2[nH]c(=O)ccc21. The molecule has 1 aromatic rings. The van der Waals surface area contributed by atoms with Crippen molar-refractivity contribution in [2.75, 3.05) is 12.9 Å². The van der Waals surface area contributed by atoms with Crippen LogP contribution in [0.15, 0.2) is 16.9 Å². The smallest absolute Gasteiger partial charge is 0.248 e. The van der Waals surface area contributed by atoms with Crippen LogP contribution in [0, 0.1) is 0 Å². The molecule has 3 unspecified atom stereocenters. The fraction of sp³-hybridized carbons (Fsp3) is 0.643. The van der Waals surface area contributed by atoms with Crippen LogP contribution in [0.5, 0.6) is 0 Å². The van der Waals surface area contributed by atoms with E-state index >= 15 is 0 Å². The molecule has 0 saturated heterocycles. The van der Waals surface area contributed by atoms with Gasteiger partial charge in [-0.2, -0.15) is 11.8 Å². The second kappa shape index (κ2) is 6.59. The molecule has 1 heterocycles. The summed E-state index contributed by atoms with van der Waals surface area (Å²) in [6, 6.07) is 4.05. The first-order valence-corrected chi connectivity index (χ1v) is 8.06. The first-order valence-electron chi connectivity index (χ1n) is 6.77. The van der Waals surface area contributed by atoms with E-state index in [1.54, 1.807) is 17.8 Å². The van der Waals surface area contributed by atoms with Crippen molar-refractivity contribution in [3.63, 3.8) is 0 Å². The van der Waals surface area contributed by atoms with Crippen LogP contribution in [-0.4, -0.2) is 34.2 Å². The summed E-state index contributed by atoms with van der Waals surface area (Å²) in [4.78, 5) is 14.3. The molecule has 19 heavy (non-hydrogen) atoms. The van der Waals surface area contributed by atoms with E-state index in [9.17, 15) is 9.90 Å². The Kier molecular flexibility index (Phi) is 5.07. The molecule has 0 aromatic carbocycles. The van der Waals surface area contributed by atoms with E-state index in [2.05, 4.69) is 17.2 Å². The van der Waals surface area contributed by atoms with Gasteiger partial charge in [0.25, 0.3) is 0 Å². The molecule has 0 saturated carbocycles. The predicted molar refractivity (Wildman–Crippen MR) is 79.7 cm³/mol. The van der Waals surface area contributed by atoms with E-state index in [0.29, 0.717) is 0 Å². The fourth-order valence-corrected chi connectivity index (χ4v) is 3.37. The minimum Gasteiger partial charge on any atom is -0.395 e. The molecule has 0 fully saturated rings. The van der Waals surface area contributed by atoms with Gasteiger partial charge in [-0.05, 0) is 38.0 Å². The average molecular weight is 282 g/mol. The Balaban J connectivity index is 2.13. The van der Waals surface area contributed by atoms with Gasteiger partial charge in [0.1, 0.15) is 0 Å². The van der Waals surface area contributed by atoms with Crippen LogP contribution < -0.4 is 10.9 Å². The zero-order valence-corrected chi connectivity index (χ0v) is 12.3. The minimum atomic E-state index is -0.0233. The number of aliphatic hydroxyl groups is 1. The number of fused-ring (bicyclic) bond motifs is 1. The molecule has 0 amide bonds. The van der Waals surface area contributed by atoms with Gasteiger partial charge in [0.2, 0.25) is 5.56 Å². The lowest BCUT2D eigenvalue weighted by molar-refractivity contribution is 0.267. The highest BCUT2D eigenvalue weighted by atomic mass is 32.2. The second-order valence-electron chi connectivity index (χ2n) is 5.11. The molecule has 1 aliphatic carbocycles. The maximum absolute atomic E-state index is 11.4. The van der Waals surface area contributed by atoms with Crippen molar-refractivity contribution in [2.45, 2.75) is 43.5 Å². The van der Waals surface area contributed by atoms with Crippen LogP contribution in [0.4, 0.5) is 0 Å². The van der Waals surface area contributed by atoms with E-state index in [4.69, 9.17) is 0 Å². The Bertz CT molecular complexity index is 471. The molecule has 3 N–H and O–H groups in total. The number of pyridine rings is 1. The highest BCUT2D eigenvalue weighted by molar-refractivity contribution is 7.99. The molecule has 0 radical (unpaired) electrons. The van der Waals surface area contributed by atoms with Gasteiger partial charge >= 0.3 is 0 Å². The van der Waals surface area contributed by atoms with Gasteiger partial charge in [0.05, 0.1) is 6.61 Å². The summed E-state index contributed by atoms with van der Waals surface area (Å²) < 4.78 is 0. The number of hydrogen-bond acceptors (Lipinski definition) is 4. The van der Waals surface area contributed by atoms with Crippen LogP contribution in [0.3, 0.4) is 0 Å². The number of thioether (sulfide) groups is 1. The standard InChI is InChI=1S/C14H22N2O2S/c1-9(13(8-17)19-2)15-11-4-3-5-12-10(11)6-7-14(18)16-12/h6-7,9,11,13,15,17H,3-5,8H2,1-2H3,(H,16,18). The number of hydrogen-bond donors (Lipinski definition) is 3. The summed E-state index contributed by atoms with van der Waals surface area (Å²) in [5.41, 5.74) is 2.24. The summed E-state index contributed by atoms with van der Waals surface area (Å²) in [6.07, 6.45) is 5.13. The molecule has 4 nitrogen and oxygen atoms in total. The van der Waals surface area contributed by atoms with Crippen LogP contribution in [0.25, 0.3) is 0 Å². The van der Waals surface area contributed by atoms with E-state index in [0.717, 1.165) is 25.0 Å². The minimum absolute atomic E-state index is 0.0233.